The number of fused-ring (bicyclic) bond motifs is 2. The number of carbonyl (C=O) groups is 1. The predicted octanol–water partition coefficient (Wildman–Crippen LogP) is -0.573. The Labute approximate surface area is 149 Å². The van der Waals surface area contributed by atoms with Gasteiger partial charge < -0.3 is 0 Å². The number of alkyl halides is 1. The molecule has 1 aromatic rings. The van der Waals surface area contributed by atoms with E-state index >= 15 is 0 Å². The van der Waals surface area contributed by atoms with Gasteiger partial charge >= 0.3 is 149 Å². The third-order valence-electron chi connectivity index (χ3n) is 5.93. The van der Waals surface area contributed by atoms with E-state index < -0.39 is 25.5 Å². The Balaban J connectivity index is 1.65. The molecular formula is C18H26INO3. The topological polar surface area (TPSA) is 46.5 Å². The molecule has 5 heteroatoms. The number of carbonyl (C=O) groups excluding carboxylic acids is 1. The first kappa shape index (κ1) is 17.2. The average molecular weight is 431 g/mol. The monoisotopic (exact) mass is 431 g/mol. The van der Waals surface area contributed by atoms with Crippen molar-refractivity contribution in [3.8, 4) is 0 Å². The Morgan fingerprint density at radius 1 is 1.30 bits per heavy atom. The fourth-order valence-corrected chi connectivity index (χ4v) is 5.50. The first-order valence-electron chi connectivity index (χ1n) is 8.46. The molecule has 1 aromatic carbocycles. The summed E-state index contributed by atoms with van der Waals surface area (Å²) in [5.74, 6) is -0.233. The number of ether oxygens (including phenoxy) is 1. The van der Waals surface area contributed by atoms with Gasteiger partial charge in [0, 0.05) is 0 Å². The number of nitrogens with zero attached hydrogens (tertiary/aromatic N) is 1. The van der Waals surface area contributed by atoms with Gasteiger partial charge in [0.2, 0.25) is 0 Å². The molecule has 23 heavy (non-hydrogen) atoms. The number of rotatable bonds is 5. The van der Waals surface area contributed by atoms with Crippen molar-refractivity contribution in [1.82, 2.24) is 0 Å². The number of benzene rings is 1. The van der Waals surface area contributed by atoms with Crippen molar-refractivity contribution < 1.29 is 39.1 Å². The van der Waals surface area contributed by atoms with Crippen LogP contribution in [0, 0.1) is 0 Å². The van der Waals surface area contributed by atoms with E-state index in [0.717, 1.165) is 29.4 Å². The summed E-state index contributed by atoms with van der Waals surface area (Å²) in [7, 11) is 2.35. The molecule has 3 rings (SSSR count). The van der Waals surface area contributed by atoms with Crippen LogP contribution in [0.1, 0.15) is 42.1 Å². The number of piperidine rings is 1. The first-order valence-corrected chi connectivity index (χ1v) is 10.7. The van der Waals surface area contributed by atoms with Gasteiger partial charge in [0.05, 0.1) is 0 Å². The fourth-order valence-electron chi connectivity index (χ4n) is 4.38. The van der Waals surface area contributed by atoms with Crippen molar-refractivity contribution in [3.63, 3.8) is 0 Å². The Kier molecular flexibility index (Phi) is 5.28. The minimum absolute atomic E-state index is 0.0273. The number of esters is 1. The maximum absolute atomic E-state index is 12.5. The second-order valence-corrected chi connectivity index (χ2v) is 8.75. The number of hydrogen-bond donors (Lipinski definition) is 1. The van der Waals surface area contributed by atoms with Gasteiger partial charge in [-0.3, -0.25) is 0 Å². The molecule has 3 atom stereocenters. The molecule has 0 saturated carbocycles. The normalized spacial score (nSPS) is 34.3. The van der Waals surface area contributed by atoms with Crippen molar-refractivity contribution in [1.29, 1.82) is 0 Å². The Morgan fingerprint density at radius 2 is 1.91 bits per heavy atom. The Morgan fingerprint density at radius 3 is 2.43 bits per heavy atom. The molecule has 0 amide bonds. The molecule has 2 bridgehead atoms. The summed E-state index contributed by atoms with van der Waals surface area (Å²) in [5, 5.41) is 0. The molecule has 4 nitrogen and oxygen atoms in total. The van der Waals surface area contributed by atoms with Gasteiger partial charge in [-0.25, -0.2) is 0 Å². The fraction of sp³-hybridized carbons (Fsp3) is 0.611. The molecule has 2 aliphatic rings. The van der Waals surface area contributed by atoms with Crippen LogP contribution < -0.4 is 21.6 Å². The molecule has 2 unspecified atom stereocenters. The van der Waals surface area contributed by atoms with Crippen molar-refractivity contribution in [2.24, 2.45) is 0 Å². The molecule has 2 saturated heterocycles. The van der Waals surface area contributed by atoms with E-state index in [0.29, 0.717) is 12.1 Å². The van der Waals surface area contributed by atoms with E-state index in [-0.39, 0.29) is 12.1 Å². The van der Waals surface area contributed by atoms with Crippen LogP contribution in [-0.2, 0) is 9.53 Å². The summed E-state index contributed by atoms with van der Waals surface area (Å²) in [5.41, 5.74) is 0.876. The number of quaternary nitrogens is 1. The summed E-state index contributed by atoms with van der Waals surface area (Å²) in [6.45, 7) is 3.42. The summed E-state index contributed by atoms with van der Waals surface area (Å²) >= 11 is -1.21. The molecule has 128 valence electrons. The zero-order valence-corrected chi connectivity index (χ0v) is 16.0. The zero-order chi connectivity index (χ0) is 16.4. The van der Waals surface area contributed by atoms with Gasteiger partial charge in [0.1, 0.15) is 0 Å². The first-order chi connectivity index (χ1) is 11.1. The van der Waals surface area contributed by atoms with Gasteiger partial charge in [0.15, 0.2) is 0 Å². The maximum atomic E-state index is 12.5. The van der Waals surface area contributed by atoms with Gasteiger partial charge in [-0.15, -0.1) is 0 Å². The van der Waals surface area contributed by atoms with E-state index in [2.05, 4.69) is 14.0 Å². The molecule has 1 N–H and O–H groups in total. The van der Waals surface area contributed by atoms with E-state index in [1.807, 2.05) is 30.3 Å². The van der Waals surface area contributed by atoms with E-state index in [1.54, 1.807) is 0 Å². The second-order valence-electron chi connectivity index (χ2n) is 6.95. The number of halogens is 1. The van der Waals surface area contributed by atoms with Gasteiger partial charge in [-0.1, -0.05) is 0 Å². The van der Waals surface area contributed by atoms with E-state index in [4.69, 9.17) is 4.74 Å². The van der Waals surface area contributed by atoms with Crippen LogP contribution in [0.25, 0.3) is 0 Å². The SMILES string of the molecule is CC[N+]1(C)C2CCC1CC(OC(=O)[C@H]([I-]O)c1ccccc1)C2. The van der Waals surface area contributed by atoms with Crippen molar-refractivity contribution in [2.45, 2.75) is 54.7 Å². The molecule has 0 spiro atoms. The van der Waals surface area contributed by atoms with Gasteiger partial charge in [-0.05, 0) is 0 Å². The van der Waals surface area contributed by atoms with Crippen LogP contribution in [0.4, 0.5) is 0 Å². The van der Waals surface area contributed by atoms with Crippen LogP contribution in [-0.4, -0.2) is 45.7 Å². The Hall–Kier alpha value is -0.660. The standard InChI is InChI=1S/C18H26INO3/c1-3-20(2)14-9-10-15(20)12-16(11-14)23-18(21)17(19-22)13-7-5-4-6-8-13/h4-8,14-17,22H,3,9-12H2,1-2H3/t14?,15?,16?,17-,20?/m1/s1. The van der Waals surface area contributed by atoms with Crippen LogP contribution >= 0.6 is 0 Å². The van der Waals surface area contributed by atoms with E-state index in [9.17, 15) is 8.23 Å². The molecule has 2 aliphatic heterocycles. The average Bonchev–Trinajstić information content (AvgIpc) is 2.74. The van der Waals surface area contributed by atoms with Gasteiger partial charge in [-0.2, -0.15) is 0 Å². The minimum atomic E-state index is -1.21. The van der Waals surface area contributed by atoms with Crippen LogP contribution in [0.2, 0.25) is 0 Å². The molecular weight excluding hydrogens is 405 g/mol. The summed E-state index contributed by atoms with van der Waals surface area (Å²) in [4.78, 5) is 12.5. The van der Waals surface area contributed by atoms with E-state index in [1.165, 1.54) is 12.8 Å². The molecule has 0 aromatic heterocycles. The summed E-state index contributed by atoms with van der Waals surface area (Å²) < 4.78 is 16.2. The number of hydrogen-bond acceptors (Lipinski definition) is 3. The third-order valence-corrected chi connectivity index (χ3v) is 7.72. The molecule has 2 fully saturated rings. The van der Waals surface area contributed by atoms with Crippen molar-refractivity contribution >= 4 is 5.97 Å². The van der Waals surface area contributed by atoms with Gasteiger partial charge in [0.25, 0.3) is 0 Å². The van der Waals surface area contributed by atoms with Crippen molar-refractivity contribution in [3.05, 3.63) is 35.9 Å². The third kappa shape index (κ3) is 3.28. The predicted molar refractivity (Wildman–Crippen MR) is 84.1 cm³/mol. The summed E-state index contributed by atoms with van der Waals surface area (Å²) in [6.07, 6.45) is 4.46. The Bertz CT molecular complexity index is 536. The zero-order valence-electron chi connectivity index (χ0n) is 13.8. The molecule has 0 radical (unpaired) electrons. The molecule has 2 heterocycles. The quantitative estimate of drug-likeness (QED) is 0.294. The van der Waals surface area contributed by atoms with Crippen molar-refractivity contribution in [2.75, 3.05) is 13.6 Å². The van der Waals surface area contributed by atoms with Crippen LogP contribution in [0.15, 0.2) is 30.3 Å². The summed E-state index contributed by atoms with van der Waals surface area (Å²) in [6, 6.07) is 10.8. The molecule has 0 aliphatic carbocycles. The second kappa shape index (κ2) is 7.07. The van der Waals surface area contributed by atoms with Crippen LogP contribution in [0.5, 0.6) is 0 Å². The van der Waals surface area contributed by atoms with Crippen LogP contribution in [0.3, 0.4) is 0 Å².